The summed E-state index contributed by atoms with van der Waals surface area (Å²) in [6.07, 6.45) is 4.63. The van der Waals surface area contributed by atoms with Crippen molar-refractivity contribution in [3.63, 3.8) is 0 Å². The number of carbonyl (C=O) groups is 1. The molecule has 0 fully saturated rings. The van der Waals surface area contributed by atoms with Gasteiger partial charge in [-0.1, -0.05) is 67.1 Å². The second-order valence-corrected chi connectivity index (χ2v) is 16.5. The number of aromatic amines is 2. The fraction of sp³-hybridized carbons (Fsp3) is 0.235. The number of allylic oxidation sites excluding steroid dienone is 1. The van der Waals surface area contributed by atoms with Crippen molar-refractivity contribution in [1.29, 1.82) is 0 Å². The SMILES string of the molecule is CC/C(=C(/c1ccc(OCCOCCOCC(=O)Cc2ccc([C@H]3Cc4cc(F)cc5c(=O)[nH]nc(c45)[C@@H]3c3ncnn3C)cc2)cc1)c1ccc2[nH]ccc2c1)c1ccc(Cl)cc1F. The molecular weight excluding hydrogens is 850 g/mol. The lowest BCUT2D eigenvalue weighted by Crippen LogP contribution is -2.27. The molecule has 0 radical (unpaired) electrons. The number of H-pyrrole nitrogens is 2. The van der Waals surface area contributed by atoms with Crippen LogP contribution in [0.25, 0.3) is 32.8 Å². The lowest BCUT2D eigenvalue weighted by molar-refractivity contribution is -0.123. The van der Waals surface area contributed by atoms with E-state index in [1.165, 1.54) is 24.5 Å². The quantitative estimate of drug-likeness (QED) is 0.0682. The molecule has 0 unspecified atom stereocenters. The average molecular weight is 895 g/mol. The number of ketones is 1. The Bertz CT molecular complexity index is 3110. The monoisotopic (exact) mass is 894 g/mol. The molecule has 11 nitrogen and oxygen atoms in total. The number of aromatic nitrogens is 6. The molecule has 0 bridgehead atoms. The molecule has 8 aromatic rings. The van der Waals surface area contributed by atoms with E-state index in [4.69, 9.17) is 25.8 Å². The first-order chi connectivity index (χ1) is 31.6. The van der Waals surface area contributed by atoms with Gasteiger partial charge in [0.05, 0.1) is 36.8 Å². The van der Waals surface area contributed by atoms with Gasteiger partial charge in [0.1, 0.15) is 42.7 Å². The highest BCUT2D eigenvalue weighted by molar-refractivity contribution is 6.30. The van der Waals surface area contributed by atoms with Crippen LogP contribution in [0.2, 0.25) is 5.02 Å². The molecule has 0 aliphatic heterocycles. The number of rotatable bonds is 17. The van der Waals surface area contributed by atoms with Crippen molar-refractivity contribution in [1.82, 2.24) is 29.9 Å². The zero-order valence-corrected chi connectivity index (χ0v) is 36.5. The summed E-state index contributed by atoms with van der Waals surface area (Å²) in [5.74, 6) is -0.129. The van der Waals surface area contributed by atoms with Gasteiger partial charge in [0.25, 0.3) is 5.56 Å². The second-order valence-electron chi connectivity index (χ2n) is 16.1. The molecular formula is C51H45ClF2N6O5. The molecule has 0 saturated heterocycles. The topological polar surface area (TPSA) is 137 Å². The predicted molar refractivity (Wildman–Crippen MR) is 246 cm³/mol. The maximum absolute atomic E-state index is 15.3. The maximum Gasteiger partial charge on any atom is 0.272 e. The number of carbonyl (C=O) groups excluding carboxylic acids is 1. The number of ether oxygens (including phenoxy) is 3. The Balaban J connectivity index is 0.758. The Morgan fingerprint density at radius 2 is 1.68 bits per heavy atom. The first-order valence-electron chi connectivity index (χ1n) is 21.4. The molecule has 3 heterocycles. The van der Waals surface area contributed by atoms with Gasteiger partial charge in [-0.05, 0) is 112 Å². The van der Waals surface area contributed by atoms with Crippen LogP contribution in [0.3, 0.4) is 0 Å². The summed E-state index contributed by atoms with van der Waals surface area (Å²) in [6.45, 7) is 3.14. The van der Waals surface area contributed by atoms with Crippen LogP contribution in [-0.2, 0) is 34.2 Å². The van der Waals surface area contributed by atoms with Gasteiger partial charge in [0.15, 0.2) is 5.78 Å². The number of fused-ring (bicyclic) bond motifs is 1. The molecule has 14 heteroatoms. The molecule has 2 N–H and O–H groups in total. The molecule has 9 rings (SSSR count). The number of aryl methyl sites for hydroxylation is 1. The Morgan fingerprint density at radius 1 is 0.892 bits per heavy atom. The van der Waals surface area contributed by atoms with Gasteiger partial charge in [-0.25, -0.2) is 18.9 Å². The van der Waals surface area contributed by atoms with E-state index in [2.05, 4.69) is 31.3 Å². The number of halogens is 3. The molecule has 0 spiro atoms. The third kappa shape index (κ3) is 9.26. The first kappa shape index (κ1) is 43.5. The zero-order chi connectivity index (χ0) is 45.0. The molecule has 5 aromatic carbocycles. The van der Waals surface area contributed by atoms with Gasteiger partial charge >= 0.3 is 0 Å². The summed E-state index contributed by atoms with van der Waals surface area (Å²) in [4.78, 5) is 33.3. The first-order valence-corrected chi connectivity index (χ1v) is 21.8. The lowest BCUT2D eigenvalue weighted by Gasteiger charge is -2.32. The Kier molecular flexibility index (Phi) is 12.8. The standard InChI is InChI=1S/C51H45ClF2N6O5/c1-3-40(41-14-11-36(52)26-44(41)54)46(34-10-15-45-33(23-34)16-17-55-45)32-8-12-39(13-9-32)65-21-20-63-18-19-64-28-38(61)22-30-4-6-31(7-5-30)42-25-35-24-37(53)27-43-47(35)49(58-59-51(43)62)48(42)50-56-29-57-60(50)2/h4-17,23-24,26-27,29,42,48,55H,3,18-22,25,28H2,1-2H3,(H,59,62)/b46-40+/t42-,48-/m1/s1. The van der Waals surface area contributed by atoms with Crippen molar-refractivity contribution >= 4 is 50.2 Å². The van der Waals surface area contributed by atoms with Gasteiger partial charge in [-0.2, -0.15) is 10.2 Å². The van der Waals surface area contributed by atoms with E-state index in [-0.39, 0.29) is 48.5 Å². The van der Waals surface area contributed by atoms with Gasteiger partial charge in [-0.3, -0.25) is 14.3 Å². The van der Waals surface area contributed by atoms with E-state index in [9.17, 15) is 14.0 Å². The normalized spacial score (nSPS) is 15.1. The van der Waals surface area contributed by atoms with E-state index in [1.54, 1.807) is 23.9 Å². The highest BCUT2D eigenvalue weighted by atomic mass is 35.5. The van der Waals surface area contributed by atoms with Crippen molar-refractivity contribution in [2.75, 3.05) is 33.0 Å². The number of Topliss-reactive ketones (excluding diaryl/α,β-unsaturated/α-hetero) is 1. The van der Waals surface area contributed by atoms with Gasteiger partial charge < -0.3 is 19.2 Å². The number of hydrogen-bond acceptors (Lipinski definition) is 8. The minimum atomic E-state index is -0.482. The van der Waals surface area contributed by atoms with Gasteiger partial charge in [0, 0.05) is 47.1 Å². The Hall–Kier alpha value is -6.80. The molecule has 65 heavy (non-hydrogen) atoms. The van der Waals surface area contributed by atoms with Crippen LogP contribution in [0.4, 0.5) is 8.78 Å². The second kappa shape index (κ2) is 19.1. The summed E-state index contributed by atoms with van der Waals surface area (Å²) < 4.78 is 49.0. The van der Waals surface area contributed by atoms with E-state index < -0.39 is 11.4 Å². The molecule has 2 atom stereocenters. The van der Waals surface area contributed by atoms with E-state index in [0.717, 1.165) is 44.3 Å². The van der Waals surface area contributed by atoms with Crippen LogP contribution in [0.5, 0.6) is 5.75 Å². The number of hydrogen-bond donors (Lipinski definition) is 2. The summed E-state index contributed by atoms with van der Waals surface area (Å²) in [6, 6.07) is 31.2. The summed E-state index contributed by atoms with van der Waals surface area (Å²) >= 11 is 6.11. The highest BCUT2D eigenvalue weighted by Gasteiger charge is 2.38. The van der Waals surface area contributed by atoms with Gasteiger partial charge in [0.2, 0.25) is 0 Å². The predicted octanol–water partition coefficient (Wildman–Crippen LogP) is 9.53. The van der Waals surface area contributed by atoms with Crippen LogP contribution in [0, 0.1) is 11.6 Å². The van der Waals surface area contributed by atoms with Crippen molar-refractivity contribution in [3.05, 3.63) is 188 Å². The fourth-order valence-corrected chi connectivity index (χ4v) is 9.13. The third-order valence-corrected chi connectivity index (χ3v) is 12.2. The van der Waals surface area contributed by atoms with E-state index >= 15 is 4.39 Å². The smallest absolute Gasteiger partial charge is 0.272 e. The van der Waals surface area contributed by atoms with Crippen LogP contribution in [0.15, 0.2) is 120 Å². The zero-order valence-electron chi connectivity index (χ0n) is 35.7. The third-order valence-electron chi connectivity index (χ3n) is 12.0. The Morgan fingerprint density at radius 3 is 2.45 bits per heavy atom. The van der Waals surface area contributed by atoms with Crippen molar-refractivity contribution in [2.24, 2.45) is 7.05 Å². The van der Waals surface area contributed by atoms with Crippen LogP contribution in [0.1, 0.15) is 70.1 Å². The van der Waals surface area contributed by atoms with Crippen LogP contribution in [-0.4, -0.2) is 68.8 Å². The average Bonchev–Trinajstić information content (AvgIpc) is 3.96. The van der Waals surface area contributed by atoms with E-state index in [0.29, 0.717) is 71.5 Å². The molecule has 1 aliphatic rings. The molecule has 330 valence electrons. The molecule has 0 saturated carbocycles. The minimum Gasteiger partial charge on any atom is -0.491 e. The molecule has 3 aromatic heterocycles. The van der Waals surface area contributed by atoms with Crippen molar-refractivity contribution in [3.8, 4) is 5.75 Å². The number of nitrogens with zero attached hydrogens (tertiary/aromatic N) is 4. The van der Waals surface area contributed by atoms with Crippen LogP contribution < -0.4 is 10.3 Å². The number of nitrogens with one attached hydrogen (secondary N) is 2. The number of benzene rings is 5. The fourth-order valence-electron chi connectivity index (χ4n) is 8.97. The van der Waals surface area contributed by atoms with Crippen molar-refractivity contribution in [2.45, 2.75) is 38.0 Å². The molecule has 0 amide bonds. The largest absolute Gasteiger partial charge is 0.491 e. The maximum atomic E-state index is 15.3. The Labute approximate surface area is 378 Å². The minimum absolute atomic E-state index is 0.0546. The highest BCUT2D eigenvalue weighted by Crippen LogP contribution is 2.46. The molecule has 1 aliphatic carbocycles. The lowest BCUT2D eigenvalue weighted by atomic mass is 9.73. The van der Waals surface area contributed by atoms with E-state index in [1.807, 2.05) is 79.9 Å². The van der Waals surface area contributed by atoms with Crippen molar-refractivity contribution < 1.29 is 27.8 Å². The summed E-state index contributed by atoms with van der Waals surface area (Å²) in [5, 5.41) is 13.6. The van der Waals surface area contributed by atoms with Crippen LogP contribution >= 0.6 is 11.6 Å². The summed E-state index contributed by atoms with van der Waals surface area (Å²) in [5.41, 5.74) is 7.87. The summed E-state index contributed by atoms with van der Waals surface area (Å²) in [7, 11) is 1.81. The van der Waals surface area contributed by atoms with Gasteiger partial charge in [-0.15, -0.1) is 0 Å².